The Balaban J connectivity index is 1.98. The maximum atomic E-state index is 6.37. The van der Waals surface area contributed by atoms with E-state index < -0.39 is 0 Å². The van der Waals surface area contributed by atoms with Crippen LogP contribution in [0.15, 0.2) is 59.7 Å². The number of thiocarbonyl (C=S) groups is 1. The maximum Gasteiger partial charge on any atom is 0.189 e. The van der Waals surface area contributed by atoms with E-state index in [1.807, 2.05) is 54.5 Å². The predicted molar refractivity (Wildman–Crippen MR) is 95.3 cm³/mol. The molecule has 0 saturated carbocycles. The van der Waals surface area contributed by atoms with Gasteiger partial charge in [0.1, 0.15) is 0 Å². The Morgan fingerprint density at radius 3 is 2.55 bits per heavy atom. The van der Waals surface area contributed by atoms with Crippen LogP contribution in [0.1, 0.15) is 23.6 Å². The van der Waals surface area contributed by atoms with Crippen LogP contribution in [-0.4, -0.2) is 22.9 Å². The summed E-state index contributed by atoms with van der Waals surface area (Å²) in [4.78, 5) is 0. The van der Waals surface area contributed by atoms with E-state index in [9.17, 15) is 0 Å². The minimum absolute atomic E-state index is 0.0175. The molecule has 1 N–H and O–H groups in total. The maximum absolute atomic E-state index is 6.37. The van der Waals surface area contributed by atoms with Crippen molar-refractivity contribution in [3.63, 3.8) is 0 Å². The molecular formula is C17H16ClN3S. The normalized spacial score (nSPS) is 17.3. The lowest BCUT2D eigenvalue weighted by Crippen LogP contribution is -2.34. The molecule has 0 aromatic heterocycles. The van der Waals surface area contributed by atoms with Gasteiger partial charge in [-0.25, -0.2) is 5.01 Å². The molecule has 0 fully saturated rings. The number of benzene rings is 2. The van der Waals surface area contributed by atoms with Crippen LogP contribution in [-0.2, 0) is 0 Å². The van der Waals surface area contributed by atoms with Gasteiger partial charge < -0.3 is 5.32 Å². The fourth-order valence-electron chi connectivity index (χ4n) is 2.60. The van der Waals surface area contributed by atoms with Crippen LogP contribution in [0.5, 0.6) is 0 Å². The molecule has 1 aliphatic rings. The Labute approximate surface area is 140 Å². The summed E-state index contributed by atoms with van der Waals surface area (Å²) in [5.41, 5.74) is 3.17. The zero-order valence-electron chi connectivity index (χ0n) is 12.2. The average molecular weight is 330 g/mol. The fraction of sp³-hybridized carbons (Fsp3) is 0.176. The number of hydrogen-bond acceptors (Lipinski definition) is 2. The highest BCUT2D eigenvalue weighted by Crippen LogP contribution is 2.36. The number of nitrogens with zero attached hydrogens (tertiary/aromatic N) is 2. The van der Waals surface area contributed by atoms with E-state index in [1.165, 1.54) is 0 Å². The highest BCUT2D eigenvalue weighted by atomic mass is 35.5. The first-order chi connectivity index (χ1) is 10.7. The number of halogens is 1. The third-order valence-corrected chi connectivity index (χ3v) is 4.44. The van der Waals surface area contributed by atoms with Gasteiger partial charge in [-0.15, -0.1) is 0 Å². The van der Waals surface area contributed by atoms with E-state index in [0.717, 1.165) is 28.3 Å². The molecule has 3 nitrogen and oxygen atoms in total. The molecule has 1 atom stereocenters. The topological polar surface area (TPSA) is 27.6 Å². The summed E-state index contributed by atoms with van der Waals surface area (Å²) in [5, 5.41) is 10.9. The number of rotatable bonds is 2. The first-order valence-corrected chi connectivity index (χ1v) is 7.87. The quantitative estimate of drug-likeness (QED) is 0.844. The molecule has 2 aromatic rings. The monoisotopic (exact) mass is 329 g/mol. The number of hydrogen-bond donors (Lipinski definition) is 1. The van der Waals surface area contributed by atoms with E-state index in [-0.39, 0.29) is 6.04 Å². The lowest BCUT2D eigenvalue weighted by molar-refractivity contribution is 0.367. The van der Waals surface area contributed by atoms with Gasteiger partial charge in [0.05, 0.1) is 11.8 Å². The SMILES string of the molecule is CNC(=S)N1N=C(c2ccccc2)C[C@H]1c1ccccc1Cl. The van der Waals surface area contributed by atoms with Crippen LogP contribution in [0.3, 0.4) is 0 Å². The third-order valence-electron chi connectivity index (χ3n) is 3.70. The van der Waals surface area contributed by atoms with E-state index in [1.54, 1.807) is 0 Å². The summed E-state index contributed by atoms with van der Waals surface area (Å²) in [6.07, 6.45) is 0.773. The van der Waals surface area contributed by atoms with E-state index in [0.29, 0.717) is 5.11 Å². The molecule has 0 saturated heterocycles. The zero-order chi connectivity index (χ0) is 15.5. The molecule has 0 aliphatic carbocycles. The standard InChI is InChI=1S/C17H16ClN3S/c1-19-17(22)21-16(13-9-5-6-10-14(13)18)11-15(20-21)12-7-3-2-4-8-12/h2-10,16H,11H2,1H3,(H,19,22)/t16-/m0/s1. The van der Waals surface area contributed by atoms with Crippen molar-refractivity contribution in [3.8, 4) is 0 Å². The van der Waals surface area contributed by atoms with E-state index in [4.69, 9.17) is 28.9 Å². The van der Waals surface area contributed by atoms with Gasteiger partial charge in [0.25, 0.3) is 0 Å². The highest BCUT2D eigenvalue weighted by Gasteiger charge is 2.32. The van der Waals surface area contributed by atoms with Gasteiger partial charge >= 0.3 is 0 Å². The van der Waals surface area contributed by atoms with Crippen molar-refractivity contribution in [1.82, 2.24) is 10.3 Å². The van der Waals surface area contributed by atoms with Crippen LogP contribution in [0, 0.1) is 0 Å². The molecule has 0 spiro atoms. The molecular weight excluding hydrogens is 314 g/mol. The molecule has 0 unspecified atom stereocenters. The Morgan fingerprint density at radius 1 is 1.18 bits per heavy atom. The van der Waals surface area contributed by atoms with E-state index >= 15 is 0 Å². The van der Waals surface area contributed by atoms with Crippen molar-refractivity contribution < 1.29 is 0 Å². The Hall–Kier alpha value is -1.91. The van der Waals surface area contributed by atoms with Gasteiger partial charge in [-0.2, -0.15) is 5.10 Å². The fourth-order valence-corrected chi connectivity index (χ4v) is 3.03. The summed E-state index contributed by atoms with van der Waals surface area (Å²) >= 11 is 11.8. The van der Waals surface area contributed by atoms with Gasteiger partial charge in [-0.1, -0.05) is 60.1 Å². The zero-order valence-corrected chi connectivity index (χ0v) is 13.7. The predicted octanol–water partition coefficient (Wildman–Crippen LogP) is 4.00. The molecule has 0 radical (unpaired) electrons. The van der Waals surface area contributed by atoms with Crippen molar-refractivity contribution in [2.75, 3.05) is 7.05 Å². The second-order valence-electron chi connectivity index (χ2n) is 5.05. The minimum atomic E-state index is 0.0175. The number of hydrazone groups is 1. The Bertz CT molecular complexity index is 715. The van der Waals surface area contributed by atoms with Gasteiger partial charge in [-0.3, -0.25) is 0 Å². The second-order valence-corrected chi connectivity index (χ2v) is 5.85. The van der Waals surface area contributed by atoms with Crippen LogP contribution >= 0.6 is 23.8 Å². The lowest BCUT2D eigenvalue weighted by atomic mass is 9.98. The molecule has 3 rings (SSSR count). The molecule has 22 heavy (non-hydrogen) atoms. The summed E-state index contributed by atoms with van der Waals surface area (Å²) < 4.78 is 0. The van der Waals surface area contributed by atoms with Crippen LogP contribution in [0.4, 0.5) is 0 Å². The van der Waals surface area contributed by atoms with Crippen LogP contribution < -0.4 is 5.32 Å². The van der Waals surface area contributed by atoms with Crippen molar-refractivity contribution in [1.29, 1.82) is 0 Å². The molecule has 1 heterocycles. The van der Waals surface area contributed by atoms with Gasteiger partial charge in [0, 0.05) is 18.5 Å². The van der Waals surface area contributed by atoms with Crippen LogP contribution in [0.2, 0.25) is 5.02 Å². The first kappa shape index (κ1) is 15.0. The molecule has 1 aliphatic heterocycles. The first-order valence-electron chi connectivity index (χ1n) is 7.09. The Morgan fingerprint density at radius 2 is 1.86 bits per heavy atom. The smallest absolute Gasteiger partial charge is 0.189 e. The van der Waals surface area contributed by atoms with Gasteiger partial charge in [0.2, 0.25) is 0 Å². The minimum Gasteiger partial charge on any atom is -0.364 e. The van der Waals surface area contributed by atoms with Crippen LogP contribution in [0.25, 0.3) is 0 Å². The van der Waals surface area contributed by atoms with Gasteiger partial charge in [0.15, 0.2) is 5.11 Å². The average Bonchev–Trinajstić information content (AvgIpc) is 3.00. The highest BCUT2D eigenvalue weighted by molar-refractivity contribution is 7.80. The van der Waals surface area contributed by atoms with E-state index in [2.05, 4.69) is 17.4 Å². The largest absolute Gasteiger partial charge is 0.364 e. The third kappa shape index (κ3) is 2.85. The lowest BCUT2D eigenvalue weighted by Gasteiger charge is -2.24. The molecule has 0 amide bonds. The van der Waals surface area contributed by atoms with Crippen molar-refractivity contribution >= 4 is 34.6 Å². The molecule has 2 aromatic carbocycles. The van der Waals surface area contributed by atoms with Crippen molar-refractivity contribution in [3.05, 3.63) is 70.7 Å². The number of nitrogens with one attached hydrogen (secondary N) is 1. The summed E-state index contributed by atoms with van der Waals surface area (Å²) in [5.74, 6) is 0. The van der Waals surface area contributed by atoms with Gasteiger partial charge in [-0.05, 0) is 29.4 Å². The summed E-state index contributed by atoms with van der Waals surface area (Å²) in [7, 11) is 1.81. The summed E-state index contributed by atoms with van der Waals surface area (Å²) in [6, 6.07) is 18.0. The Kier molecular flexibility index (Phi) is 4.41. The van der Waals surface area contributed by atoms with Crippen molar-refractivity contribution in [2.24, 2.45) is 5.10 Å². The second kappa shape index (κ2) is 6.46. The van der Waals surface area contributed by atoms with Crippen molar-refractivity contribution in [2.45, 2.75) is 12.5 Å². The molecule has 0 bridgehead atoms. The summed E-state index contributed by atoms with van der Waals surface area (Å²) in [6.45, 7) is 0. The molecule has 5 heteroatoms. The molecule has 112 valence electrons.